The van der Waals surface area contributed by atoms with Gasteiger partial charge in [0.05, 0.1) is 6.61 Å². The Labute approximate surface area is 595 Å². The molecule has 0 spiro atoms. The van der Waals surface area contributed by atoms with Crippen molar-refractivity contribution in [3.05, 3.63) is 143 Å². The van der Waals surface area contributed by atoms with Crippen molar-refractivity contribution in [1.82, 2.24) is 63.1 Å². The fourth-order valence-electron chi connectivity index (χ4n) is 11.4. The van der Waals surface area contributed by atoms with Gasteiger partial charge in [0.25, 0.3) is 0 Å². The molecule has 1 aliphatic rings. The molecule has 1 aliphatic heterocycles. The summed E-state index contributed by atoms with van der Waals surface area (Å²) >= 11 is 6.23. The molecule has 0 bridgehead atoms. The third-order valence-electron chi connectivity index (χ3n) is 16.7. The number of nitrogens with one attached hydrogen (secondary N) is 10. The number of phenolic OH excluding ortho intramolecular Hbond substituents is 1. The van der Waals surface area contributed by atoms with Crippen LogP contribution in [0.5, 0.6) is 5.75 Å². The van der Waals surface area contributed by atoms with Gasteiger partial charge in [-0.1, -0.05) is 98.2 Å². The third-order valence-corrected chi connectivity index (χ3v) is 16.9. The maximum atomic E-state index is 14.9. The largest absolute Gasteiger partial charge is 0.508 e. The van der Waals surface area contributed by atoms with Crippen LogP contribution in [0.3, 0.4) is 0 Å². The van der Waals surface area contributed by atoms with Crippen molar-refractivity contribution in [2.45, 2.75) is 159 Å². The summed E-state index contributed by atoms with van der Waals surface area (Å²) < 4.78 is 0. The van der Waals surface area contributed by atoms with Gasteiger partial charge in [-0.2, -0.15) is 0 Å². The predicted octanol–water partition coefficient (Wildman–Crippen LogP) is -0.716. The number of amides is 13. The van der Waals surface area contributed by atoms with E-state index in [1.54, 1.807) is 50.2 Å². The molecule has 1 fully saturated rings. The van der Waals surface area contributed by atoms with E-state index in [1.807, 2.05) is 42.5 Å². The molecule has 32 heteroatoms. The zero-order valence-electron chi connectivity index (χ0n) is 57.2. The number of rotatable bonds is 38. The Hall–Kier alpha value is -10.9. The molecular weight excluding hydrogens is 1340 g/mol. The monoisotopic (exact) mass is 1430 g/mol. The van der Waals surface area contributed by atoms with Gasteiger partial charge in [-0.25, -0.2) is 4.79 Å². The summed E-state index contributed by atoms with van der Waals surface area (Å²) in [6.45, 7) is 5.15. The number of carbonyl (C=O) groups excluding carboxylic acids is 12. The van der Waals surface area contributed by atoms with Crippen LogP contribution in [0.4, 0.5) is 4.79 Å². The second-order valence-electron chi connectivity index (χ2n) is 25.4. The minimum atomic E-state index is -1.85. The minimum absolute atomic E-state index is 0.000209. The lowest BCUT2D eigenvalue weighted by Gasteiger charge is -2.31. The maximum Gasteiger partial charge on any atom is 0.312 e. The van der Waals surface area contributed by atoms with Crippen LogP contribution >= 0.6 is 11.6 Å². The molecule has 6 rings (SSSR count). The maximum absolute atomic E-state index is 14.9. The Morgan fingerprint density at radius 1 is 0.569 bits per heavy atom. The lowest BCUT2D eigenvalue weighted by Crippen LogP contribution is -2.61. The summed E-state index contributed by atoms with van der Waals surface area (Å²) in [7, 11) is 0. The quantitative estimate of drug-likeness (QED) is 0.0132. The lowest BCUT2D eigenvalue weighted by molar-refractivity contribution is -0.142. The number of hydrogen-bond acceptors (Lipinski definition) is 16. The number of benzene rings is 4. The third kappa shape index (κ3) is 26.0. The molecule has 10 atom stereocenters. The van der Waals surface area contributed by atoms with Crippen LogP contribution in [0.1, 0.15) is 94.9 Å². The molecule has 0 saturated carbocycles. The number of hydrogen-bond donors (Lipinski definition) is 16. The first kappa shape index (κ1) is 80.0. The average molecular weight is 1430 g/mol. The molecule has 31 nitrogen and oxygen atoms in total. The van der Waals surface area contributed by atoms with Crippen molar-refractivity contribution in [2.75, 3.05) is 26.2 Å². The number of likely N-dealkylation sites (tertiary alicyclic amines) is 1. The van der Waals surface area contributed by atoms with Crippen molar-refractivity contribution in [2.24, 2.45) is 33.8 Å². The number of nitrogens with two attached hydrogens (primary N) is 4. The van der Waals surface area contributed by atoms with Crippen LogP contribution in [0.25, 0.3) is 10.8 Å². The molecule has 0 unspecified atom stereocenters. The molecular formula is C70H92ClN17O14. The van der Waals surface area contributed by atoms with Gasteiger partial charge in [-0.05, 0) is 121 Å². The molecule has 102 heavy (non-hydrogen) atoms. The smallest absolute Gasteiger partial charge is 0.312 e. The molecule has 0 aliphatic carbocycles. The van der Waals surface area contributed by atoms with E-state index in [1.165, 1.54) is 55.4 Å². The van der Waals surface area contributed by atoms with Crippen LogP contribution in [0.2, 0.25) is 5.02 Å². The van der Waals surface area contributed by atoms with Gasteiger partial charge in [0.1, 0.15) is 66.2 Å². The highest BCUT2D eigenvalue weighted by atomic mass is 35.5. The summed E-state index contributed by atoms with van der Waals surface area (Å²) in [6.07, 6.45) is 2.70. The fraction of sp³-hybridized carbons (Fsp3) is 0.429. The van der Waals surface area contributed by atoms with Crippen LogP contribution in [-0.2, 0) is 78.4 Å². The van der Waals surface area contributed by atoms with Gasteiger partial charge in [0.2, 0.25) is 65.0 Å². The molecule has 5 aromatic rings. The topological polar surface area (TPSA) is 498 Å². The highest BCUT2D eigenvalue weighted by Gasteiger charge is 2.40. The molecule has 1 aromatic heterocycles. The van der Waals surface area contributed by atoms with Gasteiger partial charge >= 0.3 is 6.03 Å². The number of carbonyl (C=O) groups is 12. The van der Waals surface area contributed by atoms with Gasteiger partial charge in [-0.15, -0.1) is 0 Å². The van der Waals surface area contributed by atoms with Crippen LogP contribution in [0, 0.1) is 5.92 Å². The standard InChI is InChI=1S/C70H92ClN17O14/c1-39(2)31-52(61(94)82-51(15-9-28-77-69(73)74)68(101)88-30-10-16-58(88)67(100)79-40(3)59(72)92)83-60(93)50(14-8-29-78-70(75)102)81-63(96)54(34-43-20-25-49(91)26-21-43)86-66(99)57(38-89)87-65(98)56(36-45-11-7-27-76-37-45)85-64(97)55(33-42-18-23-48(71)24-19-42)84-62(95)53(80-41(4)90)35-44-17-22-46-12-5-6-13-47(46)32-44/h5-7,11-13,17-27,32,37,39-40,50-58,89,91H,8-10,14-16,28-31,33-36,38H2,1-4H3,(H2,72,92)(H,79,100)(H,80,90)(H,81,96)(H,82,94)(H,83,93)(H,84,95)(H,85,97)(H,86,99)(H,87,98)(H4,73,74,77)(H3,75,78,102)/t40-,50+,51+,52+,53-,54+,55+,56-,57+,58+/m1/s1. The summed E-state index contributed by atoms with van der Waals surface area (Å²) in [4.78, 5) is 176. The van der Waals surface area contributed by atoms with E-state index >= 15 is 0 Å². The number of aliphatic hydroxyl groups is 1. The average Bonchev–Trinajstić information content (AvgIpc) is 1.13. The van der Waals surface area contributed by atoms with Crippen LogP contribution in [-0.4, -0.2) is 184 Å². The van der Waals surface area contributed by atoms with E-state index in [2.05, 4.69) is 63.1 Å². The number of phenols is 1. The van der Waals surface area contributed by atoms with E-state index in [4.69, 9.17) is 34.5 Å². The number of halogens is 1. The normalized spacial score (nSPS) is 15.2. The molecule has 13 amide bonds. The number of guanidine groups is 1. The lowest BCUT2D eigenvalue weighted by atomic mass is 9.99. The molecule has 2 heterocycles. The van der Waals surface area contributed by atoms with Crippen LogP contribution < -0.4 is 76.1 Å². The summed E-state index contributed by atoms with van der Waals surface area (Å²) in [5, 5.41) is 49.5. The summed E-state index contributed by atoms with van der Waals surface area (Å²) in [6, 6.07) is 13.5. The number of nitrogens with zero attached hydrogens (tertiary/aromatic N) is 3. The van der Waals surface area contributed by atoms with E-state index in [0.29, 0.717) is 33.7 Å². The molecule has 0 radical (unpaired) electrons. The first-order chi connectivity index (χ1) is 48.6. The molecule has 548 valence electrons. The van der Waals surface area contributed by atoms with Crippen molar-refractivity contribution in [3.63, 3.8) is 0 Å². The minimum Gasteiger partial charge on any atom is -0.508 e. The van der Waals surface area contributed by atoms with Crippen molar-refractivity contribution >= 4 is 99.3 Å². The first-order valence-corrected chi connectivity index (χ1v) is 33.8. The predicted molar refractivity (Wildman–Crippen MR) is 378 cm³/mol. The van der Waals surface area contributed by atoms with E-state index in [0.717, 1.165) is 10.8 Å². The SMILES string of the molecule is CC(=O)N[C@H](Cc1ccc2ccccc2c1)C(=O)N[C@@H](Cc1ccc(Cl)cc1)C(=O)N[C@H](Cc1cccnc1)C(=O)N[C@@H](CO)C(=O)N[C@@H](Cc1ccc(O)cc1)C(=O)N[C@@H](CCCNC(N)=O)C(=O)N[C@@H](CC(C)C)C(=O)N[C@@H](CCCN=C(N)N)C(=O)N1CCC[C@H]1C(=O)N[C@H](C)C(N)=O. The molecule has 20 N–H and O–H groups in total. The first-order valence-electron chi connectivity index (χ1n) is 33.5. The Kier molecular flexibility index (Phi) is 31.2. The van der Waals surface area contributed by atoms with E-state index in [9.17, 15) is 67.7 Å². The van der Waals surface area contributed by atoms with Gasteiger partial charge in [0, 0.05) is 69.7 Å². The van der Waals surface area contributed by atoms with E-state index < -0.39 is 138 Å². The Balaban J connectivity index is 1.26. The van der Waals surface area contributed by atoms with Gasteiger partial charge in [-0.3, -0.25) is 62.7 Å². The number of fused-ring (bicyclic) bond motifs is 1. The number of aliphatic imine (C=N–C) groups is 1. The zero-order valence-corrected chi connectivity index (χ0v) is 58.0. The Morgan fingerprint density at radius 3 is 1.63 bits per heavy atom. The number of aliphatic hydroxyl groups excluding tert-OH is 1. The Bertz CT molecular complexity index is 3770. The van der Waals surface area contributed by atoms with Gasteiger partial charge in [0.15, 0.2) is 5.96 Å². The van der Waals surface area contributed by atoms with Crippen molar-refractivity contribution < 1.29 is 67.7 Å². The number of urea groups is 1. The van der Waals surface area contributed by atoms with Crippen LogP contribution in [0.15, 0.2) is 121 Å². The highest BCUT2D eigenvalue weighted by Crippen LogP contribution is 2.22. The summed E-state index contributed by atoms with van der Waals surface area (Å²) in [5.74, 6) is -9.82. The highest BCUT2D eigenvalue weighted by molar-refractivity contribution is 6.30. The Morgan fingerprint density at radius 2 is 1.07 bits per heavy atom. The number of primary amides is 2. The fourth-order valence-corrected chi connectivity index (χ4v) is 11.5. The second-order valence-corrected chi connectivity index (χ2v) is 25.8. The summed E-state index contributed by atoms with van der Waals surface area (Å²) in [5.41, 5.74) is 23.9. The van der Waals surface area contributed by atoms with Crippen molar-refractivity contribution in [1.29, 1.82) is 0 Å². The molecule has 1 saturated heterocycles. The van der Waals surface area contributed by atoms with E-state index in [-0.39, 0.29) is 101 Å². The zero-order chi connectivity index (χ0) is 74.6. The van der Waals surface area contributed by atoms with Gasteiger partial charge < -0.3 is 91.2 Å². The number of pyridine rings is 1. The van der Waals surface area contributed by atoms with Crippen molar-refractivity contribution in [3.8, 4) is 5.75 Å². The molecule has 4 aromatic carbocycles. The number of aromatic nitrogens is 1. The number of aromatic hydroxyl groups is 1. The second kappa shape index (κ2) is 39.7.